The van der Waals surface area contributed by atoms with Gasteiger partial charge in [-0.2, -0.15) is 10.1 Å². The maximum atomic E-state index is 14.3. The number of anilines is 2. The monoisotopic (exact) mass is 384 g/mol. The van der Waals surface area contributed by atoms with E-state index in [1.807, 2.05) is 4.90 Å². The molecule has 3 aromatic rings. The first-order valence-electron chi connectivity index (χ1n) is 8.56. The molecule has 2 radical (unpaired) electrons. The number of fused-ring (bicyclic) bond motifs is 1. The molecular weight excluding hydrogens is 369 g/mol. The van der Waals surface area contributed by atoms with Crippen LogP contribution in [0.5, 0.6) is 0 Å². The Morgan fingerprint density at radius 1 is 1.14 bits per heavy atom. The van der Waals surface area contributed by atoms with Crippen molar-refractivity contribution in [1.29, 1.82) is 0 Å². The molecule has 2 aromatic heterocycles. The van der Waals surface area contributed by atoms with Crippen LogP contribution in [-0.2, 0) is 7.05 Å². The molecule has 1 N–H and O–H groups in total. The van der Waals surface area contributed by atoms with Crippen molar-refractivity contribution in [2.24, 2.45) is 7.05 Å². The Morgan fingerprint density at radius 2 is 1.75 bits per heavy atom. The molecule has 1 aliphatic heterocycles. The summed E-state index contributed by atoms with van der Waals surface area (Å²) in [5.74, 6) is -1.30. The van der Waals surface area contributed by atoms with Gasteiger partial charge in [0.15, 0.2) is 13.5 Å². The Kier molecular flexibility index (Phi) is 4.36. The van der Waals surface area contributed by atoms with Gasteiger partial charge in [-0.1, -0.05) is 0 Å². The lowest BCUT2D eigenvalue weighted by molar-refractivity contribution is 0.107. The second-order valence-electron chi connectivity index (χ2n) is 6.52. The number of carbonyl (C=O) groups is 1. The van der Waals surface area contributed by atoms with Crippen LogP contribution in [0.1, 0.15) is 10.4 Å². The van der Waals surface area contributed by atoms with Crippen LogP contribution < -0.4 is 15.4 Å². The van der Waals surface area contributed by atoms with E-state index in [1.165, 1.54) is 10.9 Å². The third-order valence-electron chi connectivity index (χ3n) is 4.79. The van der Waals surface area contributed by atoms with Crippen molar-refractivity contribution in [3.63, 3.8) is 0 Å². The van der Waals surface area contributed by atoms with Gasteiger partial charge >= 0.3 is 0 Å². The summed E-state index contributed by atoms with van der Waals surface area (Å²) < 4.78 is 30.2. The molecule has 0 amide bonds. The zero-order valence-corrected chi connectivity index (χ0v) is 14.9. The van der Waals surface area contributed by atoms with Crippen molar-refractivity contribution in [2.45, 2.75) is 0 Å². The van der Waals surface area contributed by atoms with Crippen LogP contribution in [0.3, 0.4) is 0 Å². The fraction of sp³-hybridized carbons (Fsp3) is 0.294. The molecule has 8 nitrogen and oxygen atoms in total. The summed E-state index contributed by atoms with van der Waals surface area (Å²) in [5.41, 5.74) is -1.15. The second kappa shape index (κ2) is 6.73. The molecule has 0 saturated carbocycles. The molecule has 142 valence electrons. The zero-order chi connectivity index (χ0) is 20.0. The maximum absolute atomic E-state index is 14.3. The molecule has 28 heavy (non-hydrogen) atoms. The number of H-pyrrole nitrogens is 1. The van der Waals surface area contributed by atoms with Gasteiger partial charge in [0.25, 0.3) is 5.56 Å². The highest BCUT2D eigenvalue weighted by atomic mass is 19.1. The summed E-state index contributed by atoms with van der Waals surface area (Å²) in [5, 5.41) is 4.42. The molecule has 1 aromatic carbocycles. The number of aryl methyl sites for hydroxylation is 1. The van der Waals surface area contributed by atoms with Crippen molar-refractivity contribution < 1.29 is 13.6 Å². The highest BCUT2D eigenvalue weighted by molar-refractivity contribution is 6.62. The molecule has 11 heteroatoms. The lowest BCUT2D eigenvalue weighted by Crippen LogP contribution is -2.48. The predicted molar refractivity (Wildman–Crippen MR) is 100.0 cm³/mol. The average Bonchev–Trinajstić information content (AvgIpc) is 3.03. The fourth-order valence-corrected chi connectivity index (χ4v) is 3.32. The first-order valence-corrected chi connectivity index (χ1v) is 8.56. The van der Waals surface area contributed by atoms with Crippen molar-refractivity contribution in [3.8, 4) is 0 Å². The second-order valence-corrected chi connectivity index (χ2v) is 6.52. The Labute approximate surface area is 159 Å². The molecule has 0 bridgehead atoms. The Balaban J connectivity index is 1.56. The highest BCUT2D eigenvalue weighted by Crippen LogP contribution is 2.27. The lowest BCUT2D eigenvalue weighted by atomic mass is 9.94. The third kappa shape index (κ3) is 3.02. The topological polar surface area (TPSA) is 87.1 Å². The van der Waals surface area contributed by atoms with Crippen LogP contribution in [0, 0.1) is 11.6 Å². The predicted octanol–water partition coefficient (Wildman–Crippen LogP) is 0.570. The summed E-state index contributed by atoms with van der Waals surface area (Å²) >= 11 is 0. The number of hydrogen-bond donors (Lipinski definition) is 1. The molecule has 1 fully saturated rings. The minimum atomic E-state index is -0.894. The van der Waals surface area contributed by atoms with Gasteiger partial charge in [0, 0.05) is 38.8 Å². The first-order chi connectivity index (χ1) is 13.3. The number of hydrogen-bond acceptors (Lipinski definition) is 6. The number of halogens is 2. The summed E-state index contributed by atoms with van der Waals surface area (Å²) in [6.45, 7) is 1.39. The number of aromatic amines is 1. The van der Waals surface area contributed by atoms with Crippen molar-refractivity contribution in [1.82, 2.24) is 19.7 Å². The molecule has 1 saturated heterocycles. The summed E-state index contributed by atoms with van der Waals surface area (Å²) in [6, 6.07) is 1.87. The van der Waals surface area contributed by atoms with E-state index in [4.69, 9.17) is 7.85 Å². The number of aromatic nitrogens is 4. The fourth-order valence-electron chi connectivity index (χ4n) is 3.32. The maximum Gasteiger partial charge on any atom is 0.263 e. The lowest BCUT2D eigenvalue weighted by Gasteiger charge is -2.36. The smallest absolute Gasteiger partial charge is 0.263 e. The average molecular weight is 384 g/mol. The van der Waals surface area contributed by atoms with E-state index in [0.29, 0.717) is 43.2 Å². The van der Waals surface area contributed by atoms with Gasteiger partial charge in [-0.15, -0.1) is 0 Å². The van der Waals surface area contributed by atoms with Crippen LogP contribution in [-0.4, -0.2) is 59.5 Å². The highest BCUT2D eigenvalue weighted by Gasteiger charge is 2.25. The molecule has 0 unspecified atom stereocenters. The Morgan fingerprint density at radius 3 is 2.36 bits per heavy atom. The minimum Gasteiger partial charge on any atom is -0.363 e. The zero-order valence-electron chi connectivity index (χ0n) is 14.9. The van der Waals surface area contributed by atoms with Crippen molar-refractivity contribution in [2.75, 3.05) is 36.0 Å². The number of benzene rings is 1. The quantitative estimate of drug-likeness (QED) is 0.665. The van der Waals surface area contributed by atoms with E-state index in [1.54, 1.807) is 11.9 Å². The minimum absolute atomic E-state index is 0.201. The largest absolute Gasteiger partial charge is 0.363 e. The van der Waals surface area contributed by atoms with E-state index in [2.05, 4.69) is 15.1 Å². The molecular formula is C17H15BF2N6O2. The Hall–Kier alpha value is -3.24. The SMILES string of the molecule is [B]C(=O)c1cc(F)c(N2CCN(c3nc4c(cnn4C)c(=O)[nH]3)CC2)c(F)c1. The van der Waals surface area contributed by atoms with Gasteiger partial charge in [0.05, 0.1) is 6.20 Å². The number of nitrogens with one attached hydrogen (secondary N) is 1. The third-order valence-corrected chi connectivity index (χ3v) is 4.79. The summed E-state index contributed by atoms with van der Waals surface area (Å²) in [4.78, 5) is 33.9. The Bertz CT molecular complexity index is 1110. The summed E-state index contributed by atoms with van der Waals surface area (Å²) in [6.07, 6.45) is 1.45. The number of nitrogens with zero attached hydrogens (tertiary/aromatic N) is 5. The standard InChI is InChI=1S/C17H15BF2N6O2/c1-24-15-10(8-21-24)16(28)23-17(22-15)26-4-2-25(3-5-26)13-11(19)6-9(14(18)27)7-12(13)20/h6-8H,2-5H2,1H3,(H,22,23,28). The summed E-state index contributed by atoms with van der Waals surface area (Å²) in [7, 11) is 6.77. The van der Waals surface area contributed by atoms with Crippen LogP contribution in [0.25, 0.3) is 11.0 Å². The normalized spacial score (nSPS) is 14.7. The van der Waals surface area contributed by atoms with E-state index in [0.717, 1.165) is 12.1 Å². The van der Waals surface area contributed by atoms with Crippen LogP contribution in [0.15, 0.2) is 23.1 Å². The number of piperazine rings is 1. The van der Waals surface area contributed by atoms with Crippen molar-refractivity contribution in [3.05, 3.63) is 45.9 Å². The van der Waals surface area contributed by atoms with E-state index >= 15 is 0 Å². The van der Waals surface area contributed by atoms with Gasteiger partial charge in [-0.3, -0.25) is 14.5 Å². The van der Waals surface area contributed by atoms with Gasteiger partial charge < -0.3 is 14.6 Å². The van der Waals surface area contributed by atoms with Gasteiger partial charge in [0.2, 0.25) is 5.95 Å². The number of carbonyl (C=O) groups excluding carboxylic acids is 1. The molecule has 0 atom stereocenters. The molecule has 3 heterocycles. The van der Waals surface area contributed by atoms with Gasteiger partial charge in [0.1, 0.15) is 28.4 Å². The van der Waals surface area contributed by atoms with E-state index < -0.39 is 17.3 Å². The van der Waals surface area contributed by atoms with Crippen molar-refractivity contribution >= 4 is 36.2 Å². The number of rotatable bonds is 3. The molecule has 0 spiro atoms. The van der Waals surface area contributed by atoms with E-state index in [-0.39, 0.29) is 16.8 Å². The first kappa shape index (κ1) is 18.1. The molecule has 0 aliphatic carbocycles. The molecule has 1 aliphatic rings. The van der Waals surface area contributed by atoms with Crippen LogP contribution >= 0.6 is 0 Å². The van der Waals surface area contributed by atoms with Crippen LogP contribution in [0.4, 0.5) is 20.4 Å². The van der Waals surface area contributed by atoms with Gasteiger partial charge in [-0.25, -0.2) is 8.78 Å². The van der Waals surface area contributed by atoms with E-state index in [9.17, 15) is 18.4 Å². The van der Waals surface area contributed by atoms with Gasteiger partial charge in [-0.05, 0) is 12.1 Å². The molecule has 4 rings (SSSR count). The van der Waals surface area contributed by atoms with Crippen LogP contribution in [0.2, 0.25) is 0 Å².